The number of benzene rings is 2. The van der Waals surface area contributed by atoms with E-state index in [0.29, 0.717) is 0 Å². The minimum Gasteiger partial charge on any atom is -0.0912 e. The maximum absolute atomic E-state index is 4.05. The molecule has 0 heteroatoms. The van der Waals surface area contributed by atoms with Crippen LogP contribution >= 0.6 is 0 Å². The van der Waals surface area contributed by atoms with Gasteiger partial charge in [0.1, 0.15) is 0 Å². The molecule has 98 valence electrons. The fraction of sp³-hybridized carbons (Fsp3) is 0. The summed E-state index contributed by atoms with van der Waals surface area (Å²) in [5.41, 5.74) is 3.37. The quantitative estimate of drug-likeness (QED) is 0.619. The summed E-state index contributed by atoms with van der Waals surface area (Å²) in [6.45, 7) is 4.05. The van der Waals surface area contributed by atoms with Gasteiger partial charge in [-0.1, -0.05) is 104 Å². The maximum Gasteiger partial charge on any atom is -0.0190 e. The Hall–Kier alpha value is -2.60. The number of rotatable bonds is 5. The first-order chi connectivity index (χ1) is 9.86. The molecule has 0 bridgehead atoms. The Bertz CT molecular complexity index is 614. The molecule has 0 fully saturated rings. The average Bonchev–Trinajstić information content (AvgIpc) is 2.52. The van der Waals surface area contributed by atoms with Crippen molar-refractivity contribution in [3.8, 4) is 0 Å². The van der Waals surface area contributed by atoms with Gasteiger partial charge in [-0.15, -0.1) is 0 Å². The molecule has 0 spiro atoms. The highest BCUT2D eigenvalue weighted by Crippen LogP contribution is 2.12. The lowest BCUT2D eigenvalue weighted by Gasteiger charge is -1.97. The SMILES string of the molecule is C=C(C=CC=CC=Cc1ccccc1)c1ccccc1. The minimum atomic E-state index is 1.02. The van der Waals surface area contributed by atoms with E-state index in [-0.39, 0.29) is 0 Å². The van der Waals surface area contributed by atoms with Crippen LogP contribution in [0.2, 0.25) is 0 Å². The van der Waals surface area contributed by atoms with Crippen molar-refractivity contribution in [1.29, 1.82) is 0 Å². The molecule has 0 radical (unpaired) electrons. The van der Waals surface area contributed by atoms with E-state index in [4.69, 9.17) is 0 Å². The topological polar surface area (TPSA) is 0 Å². The highest BCUT2D eigenvalue weighted by atomic mass is 14.0. The number of hydrogen-bond donors (Lipinski definition) is 0. The third-order valence-corrected chi connectivity index (χ3v) is 2.86. The Morgan fingerprint density at radius 3 is 2.00 bits per heavy atom. The maximum atomic E-state index is 4.05. The molecule has 0 aliphatic rings. The summed E-state index contributed by atoms with van der Waals surface area (Å²) in [7, 11) is 0. The van der Waals surface area contributed by atoms with E-state index in [1.165, 1.54) is 5.56 Å². The second-order valence-corrected chi connectivity index (χ2v) is 4.41. The standard InChI is InChI=1S/C20H18/c1-18(20-16-10-5-11-17-20)12-6-2-3-7-13-19-14-8-4-9-15-19/h2-17H,1H2. The van der Waals surface area contributed by atoms with Crippen molar-refractivity contribution in [1.82, 2.24) is 0 Å². The first-order valence-corrected chi connectivity index (χ1v) is 6.67. The largest absolute Gasteiger partial charge is 0.0912 e. The molecule has 2 rings (SSSR count). The summed E-state index contributed by atoms with van der Waals surface area (Å²) in [6, 6.07) is 20.4. The molecule has 0 atom stereocenters. The molecule has 0 saturated heterocycles. The van der Waals surface area contributed by atoms with Crippen LogP contribution in [0.15, 0.2) is 97.6 Å². The molecule has 0 nitrogen and oxygen atoms in total. The first-order valence-electron chi connectivity index (χ1n) is 6.67. The average molecular weight is 258 g/mol. The monoisotopic (exact) mass is 258 g/mol. The lowest BCUT2D eigenvalue weighted by molar-refractivity contribution is 1.63. The zero-order valence-corrected chi connectivity index (χ0v) is 11.4. The Morgan fingerprint density at radius 1 is 0.700 bits per heavy atom. The molecule has 0 aromatic heterocycles. The molecule has 0 N–H and O–H groups in total. The van der Waals surface area contributed by atoms with Gasteiger partial charge in [-0.25, -0.2) is 0 Å². The van der Waals surface area contributed by atoms with Crippen molar-refractivity contribution >= 4 is 11.6 Å². The van der Waals surface area contributed by atoms with E-state index in [1.54, 1.807) is 0 Å². The van der Waals surface area contributed by atoms with E-state index in [0.717, 1.165) is 11.1 Å². The van der Waals surface area contributed by atoms with Gasteiger partial charge in [-0.05, 0) is 16.7 Å². The van der Waals surface area contributed by atoms with Crippen molar-refractivity contribution in [2.75, 3.05) is 0 Å². The van der Waals surface area contributed by atoms with E-state index >= 15 is 0 Å². The van der Waals surface area contributed by atoms with E-state index in [1.807, 2.05) is 66.8 Å². The molecule has 0 heterocycles. The van der Waals surface area contributed by atoms with Crippen LogP contribution in [0.3, 0.4) is 0 Å². The smallest absolute Gasteiger partial charge is 0.0190 e. The molecular weight excluding hydrogens is 240 g/mol. The van der Waals surface area contributed by atoms with Crippen LogP contribution in [-0.4, -0.2) is 0 Å². The van der Waals surface area contributed by atoms with E-state index < -0.39 is 0 Å². The van der Waals surface area contributed by atoms with Crippen LogP contribution < -0.4 is 0 Å². The van der Waals surface area contributed by atoms with Gasteiger partial charge < -0.3 is 0 Å². The zero-order valence-electron chi connectivity index (χ0n) is 11.4. The van der Waals surface area contributed by atoms with Gasteiger partial charge >= 0.3 is 0 Å². The van der Waals surface area contributed by atoms with Crippen molar-refractivity contribution in [3.05, 3.63) is 109 Å². The lowest BCUT2D eigenvalue weighted by Crippen LogP contribution is -1.75. The third-order valence-electron chi connectivity index (χ3n) is 2.86. The Balaban J connectivity index is 1.86. The summed E-state index contributed by atoms with van der Waals surface area (Å²) >= 11 is 0. The number of allylic oxidation sites excluding steroid dienone is 6. The van der Waals surface area contributed by atoms with Gasteiger partial charge in [-0.3, -0.25) is 0 Å². The normalized spacial score (nSPS) is 11.6. The fourth-order valence-electron chi connectivity index (χ4n) is 1.78. The van der Waals surface area contributed by atoms with Gasteiger partial charge in [0.25, 0.3) is 0 Å². The highest BCUT2D eigenvalue weighted by molar-refractivity contribution is 5.72. The molecule has 0 amide bonds. The van der Waals surface area contributed by atoms with Crippen LogP contribution in [0.5, 0.6) is 0 Å². The minimum absolute atomic E-state index is 1.02. The van der Waals surface area contributed by atoms with Crippen molar-refractivity contribution < 1.29 is 0 Å². The summed E-state index contributed by atoms with van der Waals surface area (Å²) < 4.78 is 0. The summed E-state index contributed by atoms with van der Waals surface area (Å²) in [4.78, 5) is 0. The predicted octanol–water partition coefficient (Wildman–Crippen LogP) is 5.53. The molecular formula is C20H18. The van der Waals surface area contributed by atoms with Gasteiger partial charge in [0.05, 0.1) is 0 Å². The van der Waals surface area contributed by atoms with Crippen molar-refractivity contribution in [2.45, 2.75) is 0 Å². The third kappa shape index (κ3) is 4.58. The molecule has 0 aliphatic carbocycles. The Labute approximate surface area is 121 Å². The summed E-state index contributed by atoms with van der Waals surface area (Å²) in [5.74, 6) is 0. The Kier molecular flexibility index (Phi) is 5.36. The lowest BCUT2D eigenvalue weighted by atomic mass is 10.1. The molecule has 2 aromatic rings. The van der Waals surface area contributed by atoms with Crippen LogP contribution in [0, 0.1) is 0 Å². The van der Waals surface area contributed by atoms with Gasteiger partial charge in [0, 0.05) is 0 Å². The first kappa shape index (κ1) is 13.8. The zero-order chi connectivity index (χ0) is 14.0. The van der Waals surface area contributed by atoms with Crippen molar-refractivity contribution in [3.63, 3.8) is 0 Å². The second kappa shape index (κ2) is 7.75. The van der Waals surface area contributed by atoms with E-state index in [9.17, 15) is 0 Å². The van der Waals surface area contributed by atoms with Gasteiger partial charge in [0.2, 0.25) is 0 Å². The highest BCUT2D eigenvalue weighted by Gasteiger charge is 1.90. The second-order valence-electron chi connectivity index (χ2n) is 4.41. The van der Waals surface area contributed by atoms with Gasteiger partial charge in [0.15, 0.2) is 0 Å². The summed E-state index contributed by atoms with van der Waals surface area (Å²) in [5, 5.41) is 0. The van der Waals surface area contributed by atoms with Gasteiger partial charge in [-0.2, -0.15) is 0 Å². The summed E-state index contributed by atoms with van der Waals surface area (Å²) in [6.07, 6.45) is 12.2. The van der Waals surface area contributed by atoms with Crippen LogP contribution in [0.4, 0.5) is 0 Å². The predicted molar refractivity (Wildman–Crippen MR) is 89.2 cm³/mol. The number of hydrogen-bond acceptors (Lipinski definition) is 0. The molecule has 2 aromatic carbocycles. The van der Waals surface area contributed by atoms with Crippen LogP contribution in [-0.2, 0) is 0 Å². The van der Waals surface area contributed by atoms with Crippen molar-refractivity contribution in [2.24, 2.45) is 0 Å². The molecule has 0 aliphatic heterocycles. The molecule has 0 unspecified atom stereocenters. The Morgan fingerprint density at radius 2 is 1.30 bits per heavy atom. The molecule has 0 saturated carbocycles. The van der Waals surface area contributed by atoms with Crippen LogP contribution in [0.1, 0.15) is 11.1 Å². The van der Waals surface area contributed by atoms with Crippen LogP contribution in [0.25, 0.3) is 11.6 Å². The van der Waals surface area contributed by atoms with E-state index in [2.05, 4.69) is 36.9 Å². The fourth-order valence-corrected chi connectivity index (χ4v) is 1.78. The molecule has 20 heavy (non-hydrogen) atoms.